The van der Waals surface area contributed by atoms with Crippen LogP contribution in [0.25, 0.3) is 32.7 Å². The Morgan fingerprint density at radius 1 is 0.413 bits per heavy atom. The van der Waals surface area contributed by atoms with Crippen molar-refractivity contribution in [1.82, 2.24) is 57.5 Å². The third kappa shape index (κ3) is 19.6. The minimum Gasteiger partial charge on any atom is -0.370 e. The summed E-state index contributed by atoms with van der Waals surface area (Å²) in [5.41, 5.74) is 26.9. The molecule has 0 fully saturated rings. The smallest absolute Gasteiger partial charge is 0.243 e. The Morgan fingerprint density at radius 3 is 1.23 bits per heavy atom. The number of para-hydroxylation sites is 3. The fourth-order valence-corrected chi connectivity index (χ4v) is 10.8. The number of carbonyl (C=O) groups is 11. The number of nitrogens with two attached hydrogens (primary N) is 4. The molecule has 0 aliphatic carbocycles. The highest BCUT2D eigenvalue weighted by Crippen LogP contribution is 2.23. The molecule has 0 aliphatic rings. The van der Waals surface area contributed by atoms with Gasteiger partial charge in [-0.05, 0) is 72.6 Å². The summed E-state index contributed by atoms with van der Waals surface area (Å²) in [6, 6.07) is 18.4. The SMILES string of the molecule is CCCC[C@H](NC(=O)[C@H](CC(C)C)NC(=O)[C@@H](Cc1c[nH]c2ccccc12)NC(=O)[C@H](Cc1ccccc1)NC(=O)[C@@H](Cc1c[nH]c2ccccc12)NC(=O)[C@H](C)NC(=O)[C@H](Cc1c[nH]c2ccccc12)NC(=O)[C@@H](CCC(N)=O)NC(=O)[C@@H](N)CC(N)=O)C(N)=O. The lowest BCUT2D eigenvalue weighted by atomic mass is 9.99. The van der Waals surface area contributed by atoms with E-state index in [9.17, 15) is 43.2 Å². The van der Waals surface area contributed by atoms with E-state index in [-0.39, 0.29) is 57.3 Å². The summed E-state index contributed by atoms with van der Waals surface area (Å²) in [6.45, 7) is 7.02. The van der Waals surface area contributed by atoms with Crippen molar-refractivity contribution in [2.75, 3.05) is 0 Å². The number of amides is 11. The molecular weight excluding hydrogens is 1180 g/mol. The summed E-state index contributed by atoms with van der Waals surface area (Å²) in [7, 11) is 0. The molecule has 4 aromatic carbocycles. The van der Waals surface area contributed by atoms with Crippen LogP contribution < -0.4 is 65.5 Å². The van der Waals surface area contributed by atoms with E-state index in [1.807, 2.05) is 63.2 Å². The second kappa shape index (κ2) is 32.9. The van der Waals surface area contributed by atoms with Crippen molar-refractivity contribution in [3.8, 4) is 0 Å². The number of aromatic amines is 3. The van der Waals surface area contributed by atoms with Crippen LogP contribution in [-0.4, -0.2) is 134 Å². The Labute approximate surface area is 531 Å². The van der Waals surface area contributed by atoms with E-state index in [0.29, 0.717) is 39.6 Å². The predicted octanol–water partition coefficient (Wildman–Crippen LogP) is 1.49. The summed E-state index contributed by atoms with van der Waals surface area (Å²) in [6.07, 6.45) is 5.04. The van der Waals surface area contributed by atoms with E-state index in [1.54, 1.807) is 79.3 Å². The molecule has 0 bridgehead atoms. The van der Waals surface area contributed by atoms with Gasteiger partial charge in [0.25, 0.3) is 0 Å². The van der Waals surface area contributed by atoms with Gasteiger partial charge in [0.2, 0.25) is 65.0 Å². The standard InChI is InChI=1S/C66H83N15O11/c1-5-6-21-49(58(70)84)75-63(89)51(27-36(2)3)78-66(92)55(31-41-35-73-48-24-15-12-20-44(41)48)81-64(90)52(28-38-16-8-7-9-17-38)79-65(91)54(30-40-34-72-47-23-14-11-19-43(40)47)77-59(85)37(4)74-62(88)53(29-39-33-71-46-22-13-10-18-42(39)46)80-61(87)50(25-26-56(68)82)76-60(86)45(67)32-57(69)83/h7-20,22-24,33-37,45,49-55,71-73H,5-6,21,25-32,67H2,1-4H3,(H2,68,82)(H2,69,83)(H2,70,84)(H,74,88)(H,75,89)(H,76,86)(H,77,85)(H,78,92)(H,79,91)(H,80,87)(H,81,90)/t37-,45-,49-,50+,51-,52-,53-,54+,55+/m0/s1. The Hall–Kier alpha value is -10.4. The molecule has 92 heavy (non-hydrogen) atoms. The highest BCUT2D eigenvalue weighted by molar-refractivity contribution is 6.00. The number of hydrogen-bond donors (Lipinski definition) is 15. The van der Waals surface area contributed by atoms with Crippen LogP contribution in [0.5, 0.6) is 0 Å². The van der Waals surface area contributed by atoms with Crippen molar-refractivity contribution in [1.29, 1.82) is 0 Å². The van der Waals surface area contributed by atoms with E-state index in [2.05, 4.69) is 57.5 Å². The minimum atomic E-state index is -1.49. The largest absolute Gasteiger partial charge is 0.370 e. The number of rotatable bonds is 35. The molecule has 0 radical (unpaired) electrons. The Bertz CT molecular complexity index is 3770. The molecular formula is C66H83N15O11. The summed E-state index contributed by atoms with van der Waals surface area (Å²) >= 11 is 0. The normalized spacial score (nSPS) is 14.3. The van der Waals surface area contributed by atoms with Crippen LogP contribution in [0.3, 0.4) is 0 Å². The molecule has 0 spiro atoms. The first-order valence-corrected chi connectivity index (χ1v) is 30.7. The number of primary amides is 3. The third-order valence-corrected chi connectivity index (χ3v) is 15.8. The zero-order valence-electron chi connectivity index (χ0n) is 51.9. The number of H-pyrrole nitrogens is 3. The molecule has 11 amide bonds. The van der Waals surface area contributed by atoms with Crippen LogP contribution in [-0.2, 0) is 78.4 Å². The summed E-state index contributed by atoms with van der Waals surface area (Å²) in [5.74, 6) is -9.17. The lowest BCUT2D eigenvalue weighted by molar-refractivity contribution is -0.135. The van der Waals surface area contributed by atoms with Crippen LogP contribution in [0, 0.1) is 5.92 Å². The summed E-state index contributed by atoms with van der Waals surface area (Å²) < 4.78 is 0. The van der Waals surface area contributed by atoms with E-state index in [0.717, 1.165) is 28.2 Å². The predicted molar refractivity (Wildman–Crippen MR) is 346 cm³/mol. The first-order valence-electron chi connectivity index (χ1n) is 30.7. The monoisotopic (exact) mass is 1260 g/mol. The molecule has 3 heterocycles. The number of fused-ring (bicyclic) bond motifs is 3. The van der Waals surface area contributed by atoms with Gasteiger partial charge in [-0.15, -0.1) is 0 Å². The first-order chi connectivity index (χ1) is 44.0. The van der Waals surface area contributed by atoms with Gasteiger partial charge in [-0.3, -0.25) is 52.7 Å². The number of nitrogens with one attached hydrogen (secondary N) is 11. The third-order valence-electron chi connectivity index (χ3n) is 15.8. The number of hydrogen-bond acceptors (Lipinski definition) is 12. The Kier molecular flexibility index (Phi) is 24.7. The van der Waals surface area contributed by atoms with Gasteiger partial charge in [0.1, 0.15) is 48.3 Å². The van der Waals surface area contributed by atoms with E-state index in [1.165, 1.54) is 6.92 Å². The number of benzene rings is 4. The molecule has 19 N–H and O–H groups in total. The molecule has 3 aromatic heterocycles. The maximum absolute atomic E-state index is 15.2. The molecule has 0 saturated carbocycles. The fourth-order valence-electron chi connectivity index (χ4n) is 10.8. The van der Waals surface area contributed by atoms with Gasteiger partial charge in [-0.25, -0.2) is 0 Å². The topological polar surface area (TPSA) is 435 Å². The first kappa shape index (κ1) is 69.1. The maximum atomic E-state index is 15.2. The number of carbonyl (C=O) groups excluding carboxylic acids is 11. The van der Waals surface area contributed by atoms with Gasteiger partial charge in [0.05, 0.1) is 12.5 Å². The molecule has 0 unspecified atom stereocenters. The van der Waals surface area contributed by atoms with Crippen LogP contribution in [0.4, 0.5) is 0 Å². The summed E-state index contributed by atoms with van der Waals surface area (Å²) in [4.78, 5) is 161. The van der Waals surface area contributed by atoms with Crippen molar-refractivity contribution in [2.24, 2.45) is 28.9 Å². The number of aromatic nitrogens is 3. The van der Waals surface area contributed by atoms with E-state index >= 15 is 9.59 Å². The molecule has 488 valence electrons. The molecule has 9 atom stereocenters. The quantitative estimate of drug-likeness (QED) is 0.0269. The second-order valence-electron chi connectivity index (χ2n) is 23.5. The van der Waals surface area contributed by atoms with Crippen molar-refractivity contribution < 1.29 is 52.7 Å². The van der Waals surface area contributed by atoms with Crippen LogP contribution in [0.15, 0.2) is 122 Å². The number of unbranched alkanes of at least 4 members (excludes halogenated alkanes) is 1. The molecule has 0 saturated heterocycles. The van der Waals surface area contributed by atoms with Crippen molar-refractivity contribution in [2.45, 2.75) is 153 Å². The van der Waals surface area contributed by atoms with Crippen LogP contribution >= 0.6 is 0 Å². The maximum Gasteiger partial charge on any atom is 0.243 e. The van der Waals surface area contributed by atoms with Crippen molar-refractivity contribution in [3.05, 3.63) is 144 Å². The van der Waals surface area contributed by atoms with Gasteiger partial charge in [-0.1, -0.05) is 119 Å². The average Bonchev–Trinajstić information content (AvgIpc) is 1.66. The summed E-state index contributed by atoms with van der Waals surface area (Å²) in [5, 5.41) is 24.0. The second-order valence-corrected chi connectivity index (χ2v) is 23.5. The molecule has 0 aliphatic heterocycles. The molecule has 7 rings (SSSR count). The lowest BCUT2D eigenvalue weighted by Crippen LogP contribution is -2.61. The zero-order valence-corrected chi connectivity index (χ0v) is 51.9. The van der Waals surface area contributed by atoms with Crippen molar-refractivity contribution >= 4 is 97.7 Å². The van der Waals surface area contributed by atoms with E-state index in [4.69, 9.17) is 22.9 Å². The van der Waals surface area contributed by atoms with Gasteiger partial charge < -0.3 is 80.4 Å². The molecule has 26 heteroatoms. The average molecular weight is 1260 g/mol. The molecule has 26 nitrogen and oxygen atoms in total. The van der Waals surface area contributed by atoms with Gasteiger partial charge in [0.15, 0.2) is 0 Å². The van der Waals surface area contributed by atoms with Crippen LogP contribution in [0.1, 0.15) is 94.9 Å². The highest BCUT2D eigenvalue weighted by atomic mass is 16.2. The van der Waals surface area contributed by atoms with Crippen LogP contribution in [0.2, 0.25) is 0 Å². The fraction of sp³-hybridized carbons (Fsp3) is 0.379. The zero-order chi connectivity index (χ0) is 66.6. The Morgan fingerprint density at radius 2 is 0.793 bits per heavy atom. The molecule has 7 aromatic rings. The van der Waals surface area contributed by atoms with Crippen molar-refractivity contribution in [3.63, 3.8) is 0 Å². The minimum absolute atomic E-state index is 0.0846. The highest BCUT2D eigenvalue weighted by Gasteiger charge is 2.36. The van der Waals surface area contributed by atoms with Gasteiger partial charge in [0, 0.05) is 83.4 Å². The van der Waals surface area contributed by atoms with E-state index < -0.39 is 126 Å². The van der Waals surface area contributed by atoms with Gasteiger partial charge in [-0.2, -0.15) is 0 Å². The Balaban J connectivity index is 1.18. The van der Waals surface area contributed by atoms with Gasteiger partial charge >= 0.3 is 0 Å². The lowest BCUT2D eigenvalue weighted by Gasteiger charge is -2.28.